The molecule has 1 heterocycles. The molecular formula is C14H28N2. The molecule has 3 atom stereocenters. The average Bonchev–Trinajstić information content (AvgIpc) is 2.95. The molecule has 0 bridgehead atoms. The maximum absolute atomic E-state index is 3.75. The number of nitrogens with one attached hydrogen (secondary N) is 2. The molecule has 1 aliphatic heterocycles. The summed E-state index contributed by atoms with van der Waals surface area (Å²) in [4.78, 5) is 0. The van der Waals surface area contributed by atoms with Crippen molar-refractivity contribution in [1.29, 1.82) is 0 Å². The van der Waals surface area contributed by atoms with Gasteiger partial charge >= 0.3 is 0 Å². The van der Waals surface area contributed by atoms with Gasteiger partial charge in [-0.25, -0.2) is 0 Å². The molecule has 0 amide bonds. The topological polar surface area (TPSA) is 24.1 Å². The lowest BCUT2D eigenvalue weighted by atomic mass is 9.77. The van der Waals surface area contributed by atoms with Gasteiger partial charge in [-0.2, -0.15) is 0 Å². The van der Waals surface area contributed by atoms with E-state index in [-0.39, 0.29) is 0 Å². The molecule has 2 heteroatoms. The van der Waals surface area contributed by atoms with Crippen molar-refractivity contribution in [3.8, 4) is 0 Å². The number of hydrogen-bond donors (Lipinski definition) is 2. The summed E-state index contributed by atoms with van der Waals surface area (Å²) in [7, 11) is 0. The summed E-state index contributed by atoms with van der Waals surface area (Å²) >= 11 is 0. The third kappa shape index (κ3) is 2.98. The largest absolute Gasteiger partial charge is 0.312 e. The molecule has 0 aromatic carbocycles. The Morgan fingerprint density at radius 3 is 2.88 bits per heavy atom. The molecule has 2 aliphatic rings. The lowest BCUT2D eigenvalue weighted by molar-refractivity contribution is 0.175. The van der Waals surface area contributed by atoms with Crippen molar-refractivity contribution in [3.63, 3.8) is 0 Å². The fourth-order valence-corrected chi connectivity index (χ4v) is 3.08. The van der Waals surface area contributed by atoms with E-state index in [1.807, 2.05) is 0 Å². The fourth-order valence-electron chi connectivity index (χ4n) is 3.08. The molecule has 1 saturated carbocycles. The van der Waals surface area contributed by atoms with Crippen molar-refractivity contribution in [2.45, 2.75) is 65.0 Å². The second kappa shape index (κ2) is 5.05. The number of piperidine rings is 1. The van der Waals surface area contributed by atoms with E-state index in [9.17, 15) is 0 Å². The Labute approximate surface area is 101 Å². The molecule has 2 N–H and O–H groups in total. The van der Waals surface area contributed by atoms with E-state index in [1.54, 1.807) is 0 Å². The molecule has 2 nitrogen and oxygen atoms in total. The smallest absolute Gasteiger partial charge is 0.0243 e. The first-order chi connectivity index (χ1) is 7.63. The summed E-state index contributed by atoms with van der Waals surface area (Å²) in [5, 5.41) is 7.43. The first kappa shape index (κ1) is 12.4. The SMILES string of the molecule is CCCC1CC1NCC1NCCCC1(C)C. The Morgan fingerprint density at radius 1 is 1.38 bits per heavy atom. The molecule has 2 rings (SSSR count). The van der Waals surface area contributed by atoms with Gasteiger partial charge in [0.1, 0.15) is 0 Å². The van der Waals surface area contributed by atoms with E-state index >= 15 is 0 Å². The zero-order valence-electron chi connectivity index (χ0n) is 11.2. The summed E-state index contributed by atoms with van der Waals surface area (Å²) in [5.74, 6) is 0.983. The monoisotopic (exact) mass is 224 g/mol. The normalized spacial score (nSPS) is 37.3. The minimum atomic E-state index is 0.473. The highest BCUT2D eigenvalue weighted by Crippen LogP contribution is 2.35. The Balaban J connectivity index is 1.69. The number of rotatable bonds is 5. The third-order valence-corrected chi connectivity index (χ3v) is 4.50. The van der Waals surface area contributed by atoms with Crippen molar-refractivity contribution < 1.29 is 0 Å². The van der Waals surface area contributed by atoms with Gasteiger partial charge in [-0.1, -0.05) is 27.2 Å². The third-order valence-electron chi connectivity index (χ3n) is 4.50. The predicted octanol–water partition coefficient (Wildman–Crippen LogP) is 2.54. The molecule has 0 aromatic heterocycles. The van der Waals surface area contributed by atoms with Crippen LogP contribution in [0.1, 0.15) is 52.9 Å². The van der Waals surface area contributed by atoms with Crippen LogP contribution in [0.25, 0.3) is 0 Å². The van der Waals surface area contributed by atoms with Crippen molar-refractivity contribution in [3.05, 3.63) is 0 Å². The second-order valence-electron chi connectivity index (χ2n) is 6.40. The molecule has 1 aliphatic carbocycles. The van der Waals surface area contributed by atoms with Gasteiger partial charge in [0.15, 0.2) is 0 Å². The van der Waals surface area contributed by atoms with Crippen LogP contribution in [0, 0.1) is 11.3 Å². The first-order valence-electron chi connectivity index (χ1n) is 7.10. The van der Waals surface area contributed by atoms with Crippen LogP contribution in [-0.4, -0.2) is 25.2 Å². The lowest BCUT2D eigenvalue weighted by Crippen LogP contribution is -2.52. The molecule has 3 unspecified atom stereocenters. The quantitative estimate of drug-likeness (QED) is 0.750. The second-order valence-corrected chi connectivity index (χ2v) is 6.40. The Bertz CT molecular complexity index is 225. The van der Waals surface area contributed by atoms with Gasteiger partial charge in [0, 0.05) is 18.6 Å². The van der Waals surface area contributed by atoms with Gasteiger partial charge in [0.05, 0.1) is 0 Å². The predicted molar refractivity (Wildman–Crippen MR) is 69.6 cm³/mol. The van der Waals surface area contributed by atoms with E-state index in [2.05, 4.69) is 31.4 Å². The molecular weight excluding hydrogens is 196 g/mol. The molecule has 0 spiro atoms. The van der Waals surface area contributed by atoms with Crippen LogP contribution in [-0.2, 0) is 0 Å². The summed E-state index contributed by atoms with van der Waals surface area (Å²) in [5.41, 5.74) is 0.473. The zero-order valence-corrected chi connectivity index (χ0v) is 11.2. The van der Waals surface area contributed by atoms with Crippen molar-refractivity contribution in [1.82, 2.24) is 10.6 Å². The van der Waals surface area contributed by atoms with E-state index in [4.69, 9.17) is 0 Å². The minimum Gasteiger partial charge on any atom is -0.312 e. The van der Waals surface area contributed by atoms with Gasteiger partial charge in [-0.05, 0) is 43.6 Å². The van der Waals surface area contributed by atoms with E-state index in [0.29, 0.717) is 11.5 Å². The summed E-state index contributed by atoms with van der Waals surface area (Å²) < 4.78 is 0. The molecule has 16 heavy (non-hydrogen) atoms. The average molecular weight is 224 g/mol. The van der Waals surface area contributed by atoms with Crippen LogP contribution in [0.15, 0.2) is 0 Å². The van der Waals surface area contributed by atoms with Crippen LogP contribution >= 0.6 is 0 Å². The van der Waals surface area contributed by atoms with Crippen LogP contribution in [0.4, 0.5) is 0 Å². The van der Waals surface area contributed by atoms with Gasteiger partial charge < -0.3 is 10.6 Å². The lowest BCUT2D eigenvalue weighted by Gasteiger charge is -2.39. The van der Waals surface area contributed by atoms with Crippen LogP contribution in [0.3, 0.4) is 0 Å². The number of hydrogen-bond acceptors (Lipinski definition) is 2. The fraction of sp³-hybridized carbons (Fsp3) is 1.00. The zero-order chi connectivity index (χ0) is 11.6. The van der Waals surface area contributed by atoms with Crippen molar-refractivity contribution in [2.24, 2.45) is 11.3 Å². The summed E-state index contributed by atoms with van der Waals surface area (Å²) in [6.07, 6.45) is 6.89. The maximum atomic E-state index is 3.75. The molecule has 94 valence electrons. The molecule has 0 radical (unpaired) electrons. The van der Waals surface area contributed by atoms with Crippen LogP contribution in [0.2, 0.25) is 0 Å². The standard InChI is InChI=1S/C14H28N2/c1-4-6-11-9-12(11)16-10-13-14(2,3)7-5-8-15-13/h11-13,15-16H,4-10H2,1-3H3. The molecule has 2 fully saturated rings. The summed E-state index contributed by atoms with van der Waals surface area (Å²) in [6.45, 7) is 9.47. The van der Waals surface area contributed by atoms with Gasteiger partial charge in [0.2, 0.25) is 0 Å². The Morgan fingerprint density at radius 2 is 2.19 bits per heavy atom. The van der Waals surface area contributed by atoms with Gasteiger partial charge in [-0.3, -0.25) is 0 Å². The highest BCUT2D eigenvalue weighted by atomic mass is 15.0. The highest BCUT2D eigenvalue weighted by Gasteiger charge is 2.38. The van der Waals surface area contributed by atoms with E-state index in [0.717, 1.165) is 18.5 Å². The van der Waals surface area contributed by atoms with Crippen LogP contribution < -0.4 is 10.6 Å². The van der Waals surface area contributed by atoms with Gasteiger partial charge in [-0.15, -0.1) is 0 Å². The van der Waals surface area contributed by atoms with Crippen molar-refractivity contribution >= 4 is 0 Å². The highest BCUT2D eigenvalue weighted by molar-refractivity contribution is 4.96. The minimum absolute atomic E-state index is 0.473. The maximum Gasteiger partial charge on any atom is 0.0243 e. The van der Waals surface area contributed by atoms with Crippen LogP contribution in [0.5, 0.6) is 0 Å². The first-order valence-corrected chi connectivity index (χ1v) is 7.10. The van der Waals surface area contributed by atoms with E-state index in [1.165, 1.54) is 38.6 Å². The molecule has 0 aromatic rings. The summed E-state index contributed by atoms with van der Waals surface area (Å²) in [6, 6.07) is 1.50. The Kier molecular flexibility index (Phi) is 3.91. The van der Waals surface area contributed by atoms with Crippen molar-refractivity contribution in [2.75, 3.05) is 13.1 Å². The van der Waals surface area contributed by atoms with E-state index < -0.39 is 0 Å². The van der Waals surface area contributed by atoms with Gasteiger partial charge in [0.25, 0.3) is 0 Å². The molecule has 1 saturated heterocycles. The Hall–Kier alpha value is -0.0800.